The second-order valence-electron chi connectivity index (χ2n) is 8.00. The van der Waals surface area contributed by atoms with Gasteiger partial charge in [0.25, 0.3) is 11.8 Å². The van der Waals surface area contributed by atoms with E-state index < -0.39 is 23.6 Å². The summed E-state index contributed by atoms with van der Waals surface area (Å²) in [5.74, 6) is -2.34. The van der Waals surface area contributed by atoms with E-state index in [-0.39, 0.29) is 17.8 Å². The van der Waals surface area contributed by atoms with Crippen LogP contribution in [0, 0.1) is 0 Å². The van der Waals surface area contributed by atoms with Crippen LogP contribution in [0.25, 0.3) is 28.2 Å². The lowest BCUT2D eigenvalue weighted by Gasteiger charge is -2.17. The number of carbonyl (C=O) groups excluding carboxylic acids is 3. The van der Waals surface area contributed by atoms with Crippen molar-refractivity contribution < 1.29 is 18.8 Å². The first-order chi connectivity index (χ1) is 17.5. The molecule has 3 N–H and O–H groups in total. The molecule has 0 saturated heterocycles. The smallest absolute Gasteiger partial charge is 0.287 e. The van der Waals surface area contributed by atoms with E-state index in [2.05, 4.69) is 20.4 Å². The summed E-state index contributed by atoms with van der Waals surface area (Å²) >= 11 is 0. The molecule has 10 heteroatoms. The van der Waals surface area contributed by atoms with Gasteiger partial charge in [0.2, 0.25) is 5.78 Å². The van der Waals surface area contributed by atoms with Crippen LogP contribution in [0.1, 0.15) is 15.9 Å². The quantitative estimate of drug-likeness (QED) is 0.324. The lowest BCUT2D eigenvalue weighted by Crippen LogP contribution is -2.47. The molecule has 0 aliphatic rings. The van der Waals surface area contributed by atoms with E-state index in [9.17, 15) is 14.4 Å². The Morgan fingerprint density at radius 3 is 2.64 bits per heavy atom. The number of primary amides is 1. The molecule has 0 spiro atoms. The summed E-state index contributed by atoms with van der Waals surface area (Å²) in [4.78, 5) is 45.8. The Morgan fingerprint density at radius 2 is 1.83 bits per heavy atom. The number of benzene rings is 2. The number of ketones is 1. The second kappa shape index (κ2) is 9.63. The first kappa shape index (κ1) is 22.7. The molecule has 0 bridgehead atoms. The number of pyridine rings is 1. The predicted molar refractivity (Wildman–Crippen MR) is 130 cm³/mol. The van der Waals surface area contributed by atoms with Gasteiger partial charge in [0.1, 0.15) is 11.6 Å². The number of Topliss-reactive ketones (excluding diaryl/α,β-unsaturated/α-hetero) is 1. The monoisotopic (exact) mass is 480 g/mol. The number of nitrogens with two attached hydrogens (primary N) is 1. The topological polar surface area (TPSA) is 146 Å². The summed E-state index contributed by atoms with van der Waals surface area (Å²) in [7, 11) is 0. The fourth-order valence-electron chi connectivity index (χ4n) is 3.84. The Morgan fingerprint density at radius 1 is 1.00 bits per heavy atom. The van der Waals surface area contributed by atoms with E-state index in [0.29, 0.717) is 16.8 Å². The van der Waals surface area contributed by atoms with Crippen LogP contribution in [-0.4, -0.2) is 43.4 Å². The number of carbonyl (C=O) groups is 3. The Balaban J connectivity index is 1.42. The van der Waals surface area contributed by atoms with Gasteiger partial charge in [-0.15, -0.1) is 0 Å². The summed E-state index contributed by atoms with van der Waals surface area (Å²) in [5.41, 5.74) is 8.99. The molecule has 1 atom stereocenters. The number of hydrogen-bond donors (Lipinski definition) is 2. The van der Waals surface area contributed by atoms with Gasteiger partial charge in [-0.3, -0.25) is 14.4 Å². The highest BCUT2D eigenvalue weighted by Crippen LogP contribution is 2.23. The highest BCUT2D eigenvalue weighted by molar-refractivity contribution is 6.38. The Hall–Kier alpha value is -5.12. The van der Waals surface area contributed by atoms with Crippen molar-refractivity contribution in [1.82, 2.24) is 25.1 Å². The standard InChI is InChI=1S/C26H20N6O4/c27-24(34)23(33)21(13-16-5-2-1-3-6-16)30-26(35)18-7-4-11-28-25(18)32-12-10-19(31-32)17-8-9-22-20(14-17)29-15-36-22/h1-12,14-15,21H,13H2,(H2,27,34)(H,30,35). The van der Waals surface area contributed by atoms with Crippen molar-refractivity contribution in [2.75, 3.05) is 0 Å². The fraction of sp³-hybridized carbons (Fsp3) is 0.0769. The van der Waals surface area contributed by atoms with Crippen LogP contribution in [0.3, 0.4) is 0 Å². The zero-order valence-electron chi connectivity index (χ0n) is 18.9. The molecule has 3 aromatic heterocycles. The van der Waals surface area contributed by atoms with Gasteiger partial charge in [-0.1, -0.05) is 30.3 Å². The van der Waals surface area contributed by atoms with Crippen LogP contribution in [0.4, 0.5) is 0 Å². The Labute approximate surface area is 204 Å². The average Bonchev–Trinajstić information content (AvgIpc) is 3.58. The molecule has 2 aromatic carbocycles. The zero-order valence-corrected chi connectivity index (χ0v) is 18.9. The van der Waals surface area contributed by atoms with Crippen LogP contribution in [0.2, 0.25) is 0 Å². The molecule has 178 valence electrons. The molecular formula is C26H20N6O4. The number of nitrogens with zero attached hydrogens (tertiary/aromatic N) is 4. The van der Waals surface area contributed by atoms with Crippen molar-refractivity contribution in [1.29, 1.82) is 0 Å². The third-order valence-electron chi connectivity index (χ3n) is 5.61. The zero-order chi connectivity index (χ0) is 25.1. The average molecular weight is 480 g/mol. The molecule has 2 amide bonds. The van der Waals surface area contributed by atoms with E-state index >= 15 is 0 Å². The number of hydrogen-bond acceptors (Lipinski definition) is 7. The van der Waals surface area contributed by atoms with Crippen LogP contribution in [0.5, 0.6) is 0 Å². The van der Waals surface area contributed by atoms with Gasteiger partial charge in [0.05, 0.1) is 11.3 Å². The van der Waals surface area contributed by atoms with Crippen molar-refractivity contribution in [3.05, 3.63) is 96.6 Å². The van der Waals surface area contributed by atoms with E-state index in [4.69, 9.17) is 10.2 Å². The van der Waals surface area contributed by atoms with Crippen LogP contribution >= 0.6 is 0 Å². The fourth-order valence-corrected chi connectivity index (χ4v) is 3.84. The normalized spacial score (nSPS) is 11.8. The maximum atomic E-state index is 13.2. The van der Waals surface area contributed by atoms with E-state index in [1.165, 1.54) is 17.3 Å². The number of aromatic nitrogens is 4. The van der Waals surface area contributed by atoms with Gasteiger partial charge in [0.15, 0.2) is 17.8 Å². The van der Waals surface area contributed by atoms with Gasteiger partial charge < -0.3 is 15.5 Å². The largest absolute Gasteiger partial charge is 0.443 e. The van der Waals surface area contributed by atoms with Crippen molar-refractivity contribution in [2.45, 2.75) is 12.5 Å². The Bertz CT molecular complexity index is 1570. The van der Waals surface area contributed by atoms with Gasteiger partial charge in [-0.2, -0.15) is 5.10 Å². The molecule has 0 radical (unpaired) electrons. The molecular weight excluding hydrogens is 460 g/mol. The number of nitrogens with one attached hydrogen (secondary N) is 1. The van der Waals surface area contributed by atoms with Gasteiger partial charge in [0, 0.05) is 24.4 Å². The maximum absolute atomic E-state index is 13.2. The summed E-state index contributed by atoms with van der Waals surface area (Å²) < 4.78 is 6.75. The Kier molecular flexibility index (Phi) is 6.06. The van der Waals surface area contributed by atoms with Crippen molar-refractivity contribution in [3.63, 3.8) is 0 Å². The van der Waals surface area contributed by atoms with E-state index in [1.54, 1.807) is 54.7 Å². The third kappa shape index (κ3) is 4.60. The highest BCUT2D eigenvalue weighted by atomic mass is 16.3. The van der Waals surface area contributed by atoms with Gasteiger partial charge >= 0.3 is 0 Å². The molecule has 0 aliphatic carbocycles. The van der Waals surface area contributed by atoms with Gasteiger partial charge in [-0.25, -0.2) is 14.6 Å². The molecule has 0 aliphatic heterocycles. The second-order valence-corrected chi connectivity index (χ2v) is 8.00. The van der Waals surface area contributed by atoms with E-state index in [0.717, 1.165) is 11.1 Å². The number of rotatable bonds is 8. The van der Waals surface area contributed by atoms with Crippen LogP contribution < -0.4 is 11.1 Å². The van der Waals surface area contributed by atoms with Crippen molar-refractivity contribution >= 4 is 28.7 Å². The minimum atomic E-state index is -1.13. The summed E-state index contributed by atoms with van der Waals surface area (Å²) in [6.45, 7) is 0. The highest BCUT2D eigenvalue weighted by Gasteiger charge is 2.27. The summed E-state index contributed by atoms with van der Waals surface area (Å²) in [6.07, 6.45) is 4.70. The summed E-state index contributed by atoms with van der Waals surface area (Å²) in [5, 5.41) is 7.21. The first-order valence-corrected chi connectivity index (χ1v) is 11.0. The maximum Gasteiger partial charge on any atom is 0.287 e. The van der Waals surface area contributed by atoms with Gasteiger partial charge in [-0.05, 0) is 42.0 Å². The molecule has 5 rings (SSSR count). The molecule has 0 fully saturated rings. The molecule has 5 aromatic rings. The van der Waals surface area contributed by atoms with E-state index in [1.807, 2.05) is 18.2 Å². The molecule has 0 saturated carbocycles. The number of oxazole rings is 1. The lowest BCUT2D eigenvalue weighted by molar-refractivity contribution is -0.137. The first-order valence-electron chi connectivity index (χ1n) is 11.0. The molecule has 1 unspecified atom stereocenters. The molecule has 10 nitrogen and oxygen atoms in total. The number of fused-ring (bicyclic) bond motifs is 1. The minimum Gasteiger partial charge on any atom is -0.443 e. The van der Waals surface area contributed by atoms with Crippen molar-refractivity contribution in [2.24, 2.45) is 5.73 Å². The van der Waals surface area contributed by atoms with Crippen LogP contribution in [-0.2, 0) is 16.0 Å². The third-order valence-corrected chi connectivity index (χ3v) is 5.61. The summed E-state index contributed by atoms with van der Waals surface area (Å²) in [6, 6.07) is 18.4. The SMILES string of the molecule is NC(=O)C(=O)C(Cc1ccccc1)NC(=O)c1cccnc1-n1ccc(-c2ccc3ocnc3c2)n1. The molecule has 3 heterocycles. The minimum absolute atomic E-state index is 0.111. The molecule has 36 heavy (non-hydrogen) atoms. The number of amides is 2. The predicted octanol–water partition coefficient (Wildman–Crippen LogP) is 2.47. The van der Waals surface area contributed by atoms with Crippen LogP contribution in [0.15, 0.2) is 89.9 Å². The lowest BCUT2D eigenvalue weighted by atomic mass is 10.0. The van der Waals surface area contributed by atoms with Crippen molar-refractivity contribution in [3.8, 4) is 17.1 Å².